The lowest BCUT2D eigenvalue weighted by molar-refractivity contribution is 0.0376. The molecule has 0 radical (unpaired) electrons. The van der Waals surface area contributed by atoms with Gasteiger partial charge in [-0.15, -0.1) is 12.4 Å². The van der Waals surface area contributed by atoms with Gasteiger partial charge in [0.25, 0.3) is 5.91 Å². The Hall–Kier alpha value is -1.48. The summed E-state index contributed by atoms with van der Waals surface area (Å²) >= 11 is 13.5. The molecule has 0 aliphatic carbocycles. The van der Waals surface area contributed by atoms with E-state index in [1.807, 2.05) is 0 Å². The minimum atomic E-state index is -0.329. The number of nitrogens with zero attached hydrogens (tertiary/aromatic N) is 3. The standard InChI is InChI=1S/C21H20Cl2FN3O2S.ClH/c22-15-10-14(11-16(23)12-15)20(28)27(5-1-4-26-6-8-29-9-7-26)21-25-18-3-2-17(24)13-19(18)30-21;/h2-3,10-13H,1,4-9H2;1H. The number of aromatic nitrogens is 1. The highest BCUT2D eigenvalue weighted by Gasteiger charge is 2.22. The average molecular weight is 505 g/mol. The highest BCUT2D eigenvalue weighted by atomic mass is 35.5. The van der Waals surface area contributed by atoms with Crippen molar-refractivity contribution in [1.29, 1.82) is 0 Å². The minimum absolute atomic E-state index is 0. The lowest BCUT2D eigenvalue weighted by Gasteiger charge is -2.27. The molecule has 5 nitrogen and oxygen atoms in total. The fraction of sp³-hybridized carbons (Fsp3) is 0.333. The molecule has 3 aromatic rings. The summed E-state index contributed by atoms with van der Waals surface area (Å²) < 4.78 is 19.7. The molecule has 1 saturated heterocycles. The molecule has 0 saturated carbocycles. The summed E-state index contributed by atoms with van der Waals surface area (Å²) in [5.41, 5.74) is 1.05. The normalized spacial score (nSPS) is 14.4. The topological polar surface area (TPSA) is 45.7 Å². The molecule has 1 aromatic heterocycles. The van der Waals surface area contributed by atoms with Gasteiger partial charge in [-0.3, -0.25) is 14.6 Å². The summed E-state index contributed by atoms with van der Waals surface area (Å²) in [5, 5.41) is 1.31. The SMILES string of the molecule is Cl.O=C(c1cc(Cl)cc(Cl)c1)N(CCCN1CCOCC1)c1nc2ccc(F)cc2s1. The third-order valence-electron chi connectivity index (χ3n) is 4.88. The number of morpholine rings is 1. The number of benzene rings is 2. The van der Waals surface area contributed by atoms with Gasteiger partial charge in [-0.05, 0) is 42.8 Å². The molecule has 1 aliphatic heterocycles. The predicted octanol–water partition coefficient (Wildman–Crippen LogP) is 5.53. The van der Waals surface area contributed by atoms with Gasteiger partial charge in [0.2, 0.25) is 0 Å². The van der Waals surface area contributed by atoms with Gasteiger partial charge in [0.05, 0.1) is 23.4 Å². The van der Waals surface area contributed by atoms with Crippen LogP contribution in [0.3, 0.4) is 0 Å². The summed E-state index contributed by atoms with van der Waals surface area (Å²) in [6.45, 7) is 4.56. The second kappa shape index (κ2) is 10.9. The second-order valence-corrected chi connectivity index (χ2v) is 8.91. The quantitative estimate of drug-likeness (QED) is 0.443. The molecule has 1 fully saturated rings. The number of rotatable bonds is 6. The van der Waals surface area contributed by atoms with Crippen LogP contribution in [-0.4, -0.2) is 55.2 Å². The number of carbonyl (C=O) groups is 1. The van der Waals surface area contributed by atoms with Crippen LogP contribution in [0.5, 0.6) is 0 Å². The molecule has 0 spiro atoms. The van der Waals surface area contributed by atoms with Crippen LogP contribution in [0, 0.1) is 5.82 Å². The van der Waals surface area contributed by atoms with Gasteiger partial charge < -0.3 is 4.74 Å². The highest BCUT2D eigenvalue weighted by Crippen LogP contribution is 2.31. The number of hydrogen-bond donors (Lipinski definition) is 0. The van der Waals surface area contributed by atoms with E-state index in [1.54, 1.807) is 29.2 Å². The first kappa shape index (κ1) is 24.2. The largest absolute Gasteiger partial charge is 0.379 e. The van der Waals surface area contributed by atoms with Crippen molar-refractivity contribution in [2.75, 3.05) is 44.3 Å². The molecule has 0 bridgehead atoms. The van der Waals surface area contributed by atoms with Gasteiger partial charge in [0, 0.05) is 41.8 Å². The molecule has 0 unspecified atom stereocenters. The molecule has 1 amide bonds. The summed E-state index contributed by atoms with van der Waals surface area (Å²) in [6.07, 6.45) is 0.768. The molecular weight excluding hydrogens is 484 g/mol. The van der Waals surface area contributed by atoms with E-state index < -0.39 is 0 Å². The third-order valence-corrected chi connectivity index (χ3v) is 6.36. The maximum Gasteiger partial charge on any atom is 0.260 e. The minimum Gasteiger partial charge on any atom is -0.379 e. The zero-order chi connectivity index (χ0) is 21.1. The fourth-order valence-electron chi connectivity index (χ4n) is 3.40. The molecule has 31 heavy (non-hydrogen) atoms. The first-order valence-corrected chi connectivity index (χ1v) is 11.2. The van der Waals surface area contributed by atoms with E-state index in [-0.39, 0.29) is 24.1 Å². The van der Waals surface area contributed by atoms with E-state index in [0.29, 0.717) is 37.5 Å². The highest BCUT2D eigenvalue weighted by molar-refractivity contribution is 7.22. The Balaban J connectivity index is 0.00000272. The van der Waals surface area contributed by atoms with Crippen LogP contribution in [0.2, 0.25) is 10.0 Å². The number of carbonyl (C=O) groups excluding carboxylic acids is 1. The molecule has 2 heterocycles. The second-order valence-electron chi connectivity index (χ2n) is 7.03. The molecule has 4 rings (SSSR count). The Morgan fingerprint density at radius 1 is 1.16 bits per heavy atom. The van der Waals surface area contributed by atoms with Crippen molar-refractivity contribution in [2.24, 2.45) is 0 Å². The molecule has 0 N–H and O–H groups in total. The number of hydrogen-bond acceptors (Lipinski definition) is 5. The van der Waals surface area contributed by atoms with E-state index in [0.717, 1.165) is 39.3 Å². The Kier molecular flexibility index (Phi) is 8.50. The Morgan fingerprint density at radius 2 is 1.87 bits per heavy atom. The number of fused-ring (bicyclic) bond motifs is 1. The number of thiazole rings is 1. The number of anilines is 1. The van der Waals surface area contributed by atoms with Gasteiger partial charge >= 0.3 is 0 Å². The zero-order valence-corrected chi connectivity index (χ0v) is 19.7. The van der Waals surface area contributed by atoms with E-state index in [1.165, 1.54) is 23.5 Å². The van der Waals surface area contributed by atoms with Crippen molar-refractivity contribution < 1.29 is 13.9 Å². The number of ether oxygens (including phenoxy) is 1. The lowest BCUT2D eigenvalue weighted by atomic mass is 10.2. The van der Waals surface area contributed by atoms with E-state index >= 15 is 0 Å². The van der Waals surface area contributed by atoms with Crippen LogP contribution in [0.4, 0.5) is 9.52 Å². The Bertz CT molecular complexity index is 1040. The average Bonchev–Trinajstić information content (AvgIpc) is 3.13. The summed E-state index contributed by atoms with van der Waals surface area (Å²) in [5.74, 6) is -0.564. The smallest absolute Gasteiger partial charge is 0.260 e. The third kappa shape index (κ3) is 6.06. The molecular formula is C21H21Cl3FN3O2S. The predicted molar refractivity (Wildman–Crippen MR) is 127 cm³/mol. The first-order valence-electron chi connectivity index (χ1n) is 9.64. The van der Waals surface area contributed by atoms with Crippen molar-refractivity contribution in [3.05, 3.63) is 57.8 Å². The van der Waals surface area contributed by atoms with Gasteiger partial charge in [-0.25, -0.2) is 9.37 Å². The Morgan fingerprint density at radius 3 is 2.58 bits per heavy atom. The van der Waals surface area contributed by atoms with Crippen LogP contribution in [0.25, 0.3) is 10.2 Å². The first-order chi connectivity index (χ1) is 14.5. The molecule has 10 heteroatoms. The summed E-state index contributed by atoms with van der Waals surface area (Å²) in [4.78, 5) is 21.9. The molecule has 2 aromatic carbocycles. The van der Waals surface area contributed by atoms with E-state index in [4.69, 9.17) is 27.9 Å². The number of halogens is 4. The van der Waals surface area contributed by atoms with Crippen molar-refractivity contribution in [1.82, 2.24) is 9.88 Å². The van der Waals surface area contributed by atoms with Crippen molar-refractivity contribution in [2.45, 2.75) is 6.42 Å². The lowest BCUT2D eigenvalue weighted by Crippen LogP contribution is -2.39. The van der Waals surface area contributed by atoms with Crippen molar-refractivity contribution >= 4 is 68.2 Å². The summed E-state index contributed by atoms with van der Waals surface area (Å²) in [6, 6.07) is 9.20. The van der Waals surface area contributed by atoms with E-state index in [9.17, 15) is 9.18 Å². The zero-order valence-electron chi connectivity index (χ0n) is 16.5. The van der Waals surface area contributed by atoms with Crippen molar-refractivity contribution in [3.63, 3.8) is 0 Å². The fourth-order valence-corrected chi connectivity index (χ4v) is 4.94. The molecule has 166 valence electrons. The van der Waals surface area contributed by atoms with Crippen LogP contribution < -0.4 is 4.90 Å². The monoisotopic (exact) mass is 503 g/mol. The number of amides is 1. The summed E-state index contributed by atoms with van der Waals surface area (Å²) in [7, 11) is 0. The molecule has 0 atom stereocenters. The van der Waals surface area contributed by atoms with E-state index in [2.05, 4.69) is 9.88 Å². The van der Waals surface area contributed by atoms with Gasteiger partial charge in [-0.2, -0.15) is 0 Å². The van der Waals surface area contributed by atoms with Crippen LogP contribution in [0.1, 0.15) is 16.8 Å². The van der Waals surface area contributed by atoms with Crippen LogP contribution in [-0.2, 0) is 4.74 Å². The van der Waals surface area contributed by atoms with Gasteiger partial charge in [0.1, 0.15) is 5.82 Å². The van der Waals surface area contributed by atoms with Crippen molar-refractivity contribution in [3.8, 4) is 0 Å². The van der Waals surface area contributed by atoms with Gasteiger partial charge in [0.15, 0.2) is 5.13 Å². The van der Waals surface area contributed by atoms with Gasteiger partial charge in [-0.1, -0.05) is 34.5 Å². The maximum atomic E-state index is 13.6. The molecule has 1 aliphatic rings. The van der Waals surface area contributed by atoms with Crippen LogP contribution in [0.15, 0.2) is 36.4 Å². The maximum absolute atomic E-state index is 13.6. The Labute approximate surface area is 200 Å². The van der Waals surface area contributed by atoms with Crippen LogP contribution >= 0.6 is 46.9 Å².